The Morgan fingerprint density at radius 3 is 2.70 bits per heavy atom. The minimum absolute atomic E-state index is 0.362. The Hall–Kier alpha value is -1.11. The number of aliphatic imine (C=N–C) groups is 1. The summed E-state index contributed by atoms with van der Waals surface area (Å²) in [6.07, 6.45) is 7.66. The minimum atomic E-state index is 0.362. The van der Waals surface area contributed by atoms with Crippen LogP contribution in [0.4, 0.5) is 0 Å². The molecule has 0 aromatic carbocycles. The number of thiophene rings is 1. The lowest BCUT2D eigenvalue weighted by atomic mass is 9.67. The number of ether oxygens (including phenoxy) is 1. The maximum Gasteiger partial charge on any atom is 0.191 e. The van der Waals surface area contributed by atoms with Gasteiger partial charge in [-0.25, -0.2) is 0 Å². The fraction of sp³-hybridized carbons (Fsp3) is 0.762. The third-order valence-electron chi connectivity index (χ3n) is 6.08. The number of hydrogen-bond donors (Lipinski definition) is 2. The van der Waals surface area contributed by atoms with Crippen molar-refractivity contribution in [2.45, 2.75) is 51.5 Å². The number of nitrogens with one attached hydrogen (secondary N) is 2. The first kappa shape index (κ1) is 20.6. The molecule has 1 unspecified atom stereocenters. The molecule has 27 heavy (non-hydrogen) atoms. The molecule has 2 aliphatic rings. The molecule has 0 radical (unpaired) electrons. The lowest BCUT2D eigenvalue weighted by Gasteiger charge is -2.40. The number of nitrogens with zero attached hydrogens (tertiary/aromatic N) is 2. The molecule has 2 fully saturated rings. The molecule has 1 aromatic rings. The van der Waals surface area contributed by atoms with Gasteiger partial charge in [-0.05, 0) is 69.0 Å². The first-order valence-electron chi connectivity index (χ1n) is 10.5. The van der Waals surface area contributed by atoms with Crippen molar-refractivity contribution >= 4 is 17.3 Å². The van der Waals surface area contributed by atoms with Gasteiger partial charge in [0.25, 0.3) is 0 Å². The van der Waals surface area contributed by atoms with Gasteiger partial charge in [0.15, 0.2) is 5.96 Å². The van der Waals surface area contributed by atoms with E-state index in [0.717, 1.165) is 38.6 Å². The molecule has 2 N–H and O–H groups in total. The summed E-state index contributed by atoms with van der Waals surface area (Å²) in [5.41, 5.74) is 0.362. The highest BCUT2D eigenvalue weighted by atomic mass is 32.1. The molecule has 0 amide bonds. The van der Waals surface area contributed by atoms with E-state index in [1.807, 2.05) is 11.3 Å². The molecular weight excluding hydrogens is 356 g/mol. The predicted molar refractivity (Wildman–Crippen MR) is 115 cm³/mol. The molecule has 1 atom stereocenters. The first-order valence-corrected chi connectivity index (χ1v) is 11.4. The average Bonchev–Trinajstić information content (AvgIpc) is 3.35. The second-order valence-corrected chi connectivity index (χ2v) is 8.93. The van der Waals surface area contributed by atoms with Crippen LogP contribution in [0.2, 0.25) is 0 Å². The zero-order chi connectivity index (χ0) is 19.0. The number of likely N-dealkylation sites (tertiary alicyclic amines) is 1. The molecule has 1 saturated carbocycles. The molecule has 1 aliphatic heterocycles. The Balaban J connectivity index is 1.60. The molecule has 0 spiro atoms. The predicted octanol–water partition coefficient (Wildman–Crippen LogP) is 3.65. The van der Waals surface area contributed by atoms with Crippen molar-refractivity contribution in [1.82, 2.24) is 15.5 Å². The molecule has 1 aromatic heterocycles. The van der Waals surface area contributed by atoms with Crippen molar-refractivity contribution < 1.29 is 4.74 Å². The smallest absolute Gasteiger partial charge is 0.191 e. The van der Waals surface area contributed by atoms with E-state index < -0.39 is 0 Å². The Kier molecular flexibility index (Phi) is 7.97. The lowest BCUT2D eigenvalue weighted by molar-refractivity contribution is 0.0778. The lowest BCUT2D eigenvalue weighted by Crippen LogP contribution is -2.43. The van der Waals surface area contributed by atoms with E-state index in [1.165, 1.54) is 50.1 Å². The highest BCUT2D eigenvalue weighted by Gasteiger charge is 2.36. The first-order chi connectivity index (χ1) is 13.3. The molecule has 5 nitrogen and oxygen atoms in total. The van der Waals surface area contributed by atoms with Crippen LogP contribution in [0.3, 0.4) is 0 Å². The third-order valence-corrected chi connectivity index (χ3v) is 7.06. The van der Waals surface area contributed by atoms with E-state index >= 15 is 0 Å². The molecule has 2 heterocycles. The Bertz CT molecular complexity index is 565. The maximum atomic E-state index is 5.32. The van der Waals surface area contributed by atoms with Gasteiger partial charge in [-0.1, -0.05) is 12.5 Å². The molecular formula is C21H36N4OS. The number of rotatable bonds is 10. The van der Waals surface area contributed by atoms with E-state index in [-0.39, 0.29) is 0 Å². The van der Waals surface area contributed by atoms with Crippen LogP contribution < -0.4 is 10.6 Å². The Labute approximate surface area is 168 Å². The standard InChI is InChI=1S/C21H36N4OS/c1-3-22-20(24-17-21(9-7-10-21)11-14-26-2)23-16-18(19-8-6-15-27-19)25-12-4-5-13-25/h6,8,15,18H,3-5,7,9-14,16-17H2,1-2H3,(H2,22,23,24). The SMILES string of the molecule is CCNC(=NCC1(CCOC)CCC1)NCC(c1cccs1)N1CCCC1. The van der Waals surface area contributed by atoms with E-state index in [4.69, 9.17) is 9.73 Å². The van der Waals surface area contributed by atoms with Crippen LogP contribution in [0.5, 0.6) is 0 Å². The van der Waals surface area contributed by atoms with Crippen LogP contribution in [-0.4, -0.2) is 57.3 Å². The third kappa shape index (κ3) is 5.69. The van der Waals surface area contributed by atoms with Gasteiger partial charge in [-0.15, -0.1) is 11.3 Å². The van der Waals surface area contributed by atoms with Crippen molar-refractivity contribution in [3.05, 3.63) is 22.4 Å². The summed E-state index contributed by atoms with van der Waals surface area (Å²) in [7, 11) is 1.80. The van der Waals surface area contributed by atoms with Crippen molar-refractivity contribution in [2.24, 2.45) is 10.4 Å². The summed E-state index contributed by atoms with van der Waals surface area (Å²) in [5.74, 6) is 0.960. The second kappa shape index (κ2) is 10.4. The highest BCUT2D eigenvalue weighted by Crippen LogP contribution is 2.44. The molecule has 6 heteroatoms. The van der Waals surface area contributed by atoms with E-state index in [2.05, 4.69) is 40.0 Å². The van der Waals surface area contributed by atoms with Crippen LogP contribution in [0, 0.1) is 5.41 Å². The maximum absolute atomic E-state index is 5.32. The van der Waals surface area contributed by atoms with Crippen LogP contribution in [-0.2, 0) is 4.74 Å². The van der Waals surface area contributed by atoms with Crippen LogP contribution >= 0.6 is 11.3 Å². The van der Waals surface area contributed by atoms with Crippen LogP contribution in [0.1, 0.15) is 56.4 Å². The van der Waals surface area contributed by atoms with Gasteiger partial charge in [0.1, 0.15) is 0 Å². The summed E-state index contributed by atoms with van der Waals surface area (Å²) in [5, 5.41) is 9.27. The second-order valence-electron chi connectivity index (χ2n) is 7.95. The van der Waals surface area contributed by atoms with Crippen molar-refractivity contribution in [3.63, 3.8) is 0 Å². The van der Waals surface area contributed by atoms with Gasteiger partial charge in [-0.2, -0.15) is 0 Å². The minimum Gasteiger partial charge on any atom is -0.385 e. The van der Waals surface area contributed by atoms with E-state index in [1.54, 1.807) is 7.11 Å². The zero-order valence-corrected chi connectivity index (χ0v) is 17.8. The zero-order valence-electron chi connectivity index (χ0n) is 17.0. The molecule has 1 saturated heterocycles. The fourth-order valence-corrected chi connectivity index (χ4v) is 5.07. The topological polar surface area (TPSA) is 48.9 Å². The van der Waals surface area contributed by atoms with E-state index in [9.17, 15) is 0 Å². The van der Waals surface area contributed by atoms with Crippen LogP contribution in [0.25, 0.3) is 0 Å². The molecule has 152 valence electrons. The van der Waals surface area contributed by atoms with Crippen molar-refractivity contribution in [1.29, 1.82) is 0 Å². The number of hydrogen-bond acceptors (Lipinski definition) is 4. The summed E-state index contributed by atoms with van der Waals surface area (Å²) < 4.78 is 5.32. The van der Waals surface area contributed by atoms with Gasteiger partial charge >= 0.3 is 0 Å². The van der Waals surface area contributed by atoms with Gasteiger partial charge in [0.05, 0.1) is 6.04 Å². The highest BCUT2D eigenvalue weighted by molar-refractivity contribution is 7.10. The van der Waals surface area contributed by atoms with Crippen LogP contribution in [0.15, 0.2) is 22.5 Å². The Morgan fingerprint density at radius 2 is 2.11 bits per heavy atom. The van der Waals surface area contributed by atoms with Gasteiger partial charge in [0.2, 0.25) is 0 Å². The number of guanidine groups is 1. The van der Waals surface area contributed by atoms with Gasteiger partial charge in [-0.3, -0.25) is 9.89 Å². The average molecular weight is 393 g/mol. The number of methoxy groups -OCH3 is 1. The Morgan fingerprint density at radius 1 is 1.30 bits per heavy atom. The largest absolute Gasteiger partial charge is 0.385 e. The quantitative estimate of drug-likeness (QED) is 0.471. The van der Waals surface area contributed by atoms with Gasteiger partial charge < -0.3 is 15.4 Å². The summed E-state index contributed by atoms with van der Waals surface area (Å²) in [6, 6.07) is 4.88. The summed E-state index contributed by atoms with van der Waals surface area (Å²) in [6.45, 7) is 8.10. The molecule has 3 rings (SSSR count). The normalized spacial score (nSPS) is 21.0. The molecule has 1 aliphatic carbocycles. The van der Waals surface area contributed by atoms with E-state index in [0.29, 0.717) is 11.5 Å². The van der Waals surface area contributed by atoms with Gasteiger partial charge in [0, 0.05) is 38.2 Å². The van der Waals surface area contributed by atoms with Crippen molar-refractivity contribution in [3.8, 4) is 0 Å². The molecule has 0 bridgehead atoms. The fourth-order valence-electron chi connectivity index (χ4n) is 4.21. The summed E-state index contributed by atoms with van der Waals surface area (Å²) in [4.78, 5) is 9.04. The van der Waals surface area contributed by atoms with Crippen molar-refractivity contribution in [2.75, 3.05) is 46.4 Å². The summed E-state index contributed by atoms with van der Waals surface area (Å²) >= 11 is 1.87. The monoisotopic (exact) mass is 392 g/mol.